The first-order chi connectivity index (χ1) is 15.2. The summed E-state index contributed by atoms with van der Waals surface area (Å²) in [6, 6.07) is 19.9. The molecule has 3 saturated heterocycles. The van der Waals surface area contributed by atoms with Crippen LogP contribution < -0.4 is 0 Å². The number of hydrogen-bond acceptors (Lipinski definition) is 4. The number of amides is 1. The second kappa shape index (κ2) is 7.06. The summed E-state index contributed by atoms with van der Waals surface area (Å²) in [5, 5.41) is 0. The number of cyclic esters (lactones) is 1. The Labute approximate surface area is 182 Å². The Hall–Kier alpha value is -2.92. The molecule has 4 aliphatic heterocycles. The van der Waals surface area contributed by atoms with Crippen molar-refractivity contribution in [3.05, 3.63) is 83.9 Å². The van der Waals surface area contributed by atoms with E-state index in [0.29, 0.717) is 18.9 Å². The number of hydrogen-bond donors (Lipinski definition) is 0. The number of nitrogens with zero attached hydrogens (tertiary/aromatic N) is 2. The predicted molar refractivity (Wildman–Crippen MR) is 116 cm³/mol. The topological polar surface area (TPSA) is 49.9 Å². The summed E-state index contributed by atoms with van der Waals surface area (Å²) >= 11 is 0. The molecule has 5 heteroatoms. The summed E-state index contributed by atoms with van der Waals surface area (Å²) in [5.74, 6) is 0.189. The van der Waals surface area contributed by atoms with E-state index in [1.807, 2.05) is 65.6 Å². The molecule has 5 nitrogen and oxygen atoms in total. The minimum atomic E-state index is -0.874. The lowest BCUT2D eigenvalue weighted by Crippen LogP contribution is -2.68. The molecule has 2 aromatic rings. The maximum Gasteiger partial charge on any atom is 0.412 e. The van der Waals surface area contributed by atoms with Crippen LogP contribution in [0.2, 0.25) is 0 Å². The SMILES string of the molecule is O=C1O[C@H](c2ccccc2)[C@H](c2ccccc2)N1[C@@]12CC=CCN3[C@@H](CC[C@@H]31)CC2=O. The van der Waals surface area contributed by atoms with E-state index in [4.69, 9.17) is 4.74 Å². The monoisotopic (exact) mass is 414 g/mol. The van der Waals surface area contributed by atoms with Crippen molar-refractivity contribution in [1.82, 2.24) is 9.80 Å². The van der Waals surface area contributed by atoms with E-state index >= 15 is 0 Å². The quantitative estimate of drug-likeness (QED) is 0.698. The molecule has 0 aromatic heterocycles. The number of rotatable bonds is 3. The third kappa shape index (κ3) is 2.66. The molecule has 1 amide bonds. The molecule has 0 spiro atoms. The van der Waals surface area contributed by atoms with Crippen LogP contribution in [0.1, 0.15) is 49.0 Å². The van der Waals surface area contributed by atoms with Crippen molar-refractivity contribution in [3.8, 4) is 0 Å². The zero-order valence-electron chi connectivity index (χ0n) is 17.4. The highest BCUT2D eigenvalue weighted by Crippen LogP contribution is 2.53. The molecule has 0 saturated carbocycles. The van der Waals surface area contributed by atoms with E-state index in [2.05, 4.69) is 17.1 Å². The molecular weight excluding hydrogens is 388 g/mol. The van der Waals surface area contributed by atoms with Crippen LogP contribution >= 0.6 is 0 Å². The summed E-state index contributed by atoms with van der Waals surface area (Å²) in [6.07, 6.45) is 6.48. The van der Waals surface area contributed by atoms with Crippen LogP contribution in [0.15, 0.2) is 72.8 Å². The number of ketones is 1. The molecule has 0 N–H and O–H groups in total. The molecule has 4 aliphatic rings. The maximum atomic E-state index is 13.8. The Morgan fingerprint density at radius 2 is 1.58 bits per heavy atom. The van der Waals surface area contributed by atoms with Crippen molar-refractivity contribution >= 4 is 11.9 Å². The van der Waals surface area contributed by atoms with Gasteiger partial charge in [0, 0.05) is 25.0 Å². The number of carbonyl (C=O) groups is 2. The van der Waals surface area contributed by atoms with Gasteiger partial charge in [-0.1, -0.05) is 72.8 Å². The molecule has 2 aromatic carbocycles. The summed E-state index contributed by atoms with van der Waals surface area (Å²) < 4.78 is 6.05. The van der Waals surface area contributed by atoms with E-state index in [1.54, 1.807) is 0 Å². The fourth-order valence-corrected chi connectivity index (χ4v) is 6.38. The minimum absolute atomic E-state index is 0.0436. The van der Waals surface area contributed by atoms with Crippen molar-refractivity contribution < 1.29 is 14.3 Å². The summed E-state index contributed by atoms with van der Waals surface area (Å²) in [4.78, 5) is 31.6. The first-order valence-electron chi connectivity index (χ1n) is 11.2. The Morgan fingerprint density at radius 3 is 2.32 bits per heavy atom. The zero-order chi connectivity index (χ0) is 21.0. The van der Waals surface area contributed by atoms with Crippen molar-refractivity contribution in [3.63, 3.8) is 0 Å². The number of Topliss-reactive ketones (excluding diaryl/α,β-unsaturated/α-hetero) is 1. The molecule has 6 rings (SSSR count). The van der Waals surface area contributed by atoms with E-state index < -0.39 is 11.6 Å². The molecule has 158 valence electrons. The zero-order valence-corrected chi connectivity index (χ0v) is 17.4. The fraction of sp³-hybridized carbons (Fsp3) is 0.385. The lowest BCUT2D eigenvalue weighted by atomic mass is 9.75. The molecule has 0 aliphatic carbocycles. The smallest absolute Gasteiger partial charge is 0.412 e. The average molecular weight is 415 g/mol. The normalized spacial score (nSPS) is 36.4. The van der Waals surface area contributed by atoms with Gasteiger partial charge >= 0.3 is 6.09 Å². The van der Waals surface area contributed by atoms with E-state index in [0.717, 1.165) is 30.5 Å². The average Bonchev–Trinajstić information content (AvgIpc) is 3.27. The highest BCUT2D eigenvalue weighted by molar-refractivity contribution is 5.95. The first kappa shape index (κ1) is 18.8. The fourth-order valence-electron chi connectivity index (χ4n) is 6.38. The van der Waals surface area contributed by atoms with E-state index in [9.17, 15) is 9.59 Å². The lowest BCUT2D eigenvalue weighted by molar-refractivity contribution is -0.140. The highest BCUT2D eigenvalue weighted by Gasteiger charge is 2.65. The van der Waals surface area contributed by atoms with Crippen LogP contribution in [-0.2, 0) is 9.53 Å². The van der Waals surface area contributed by atoms with Crippen LogP contribution in [0.4, 0.5) is 4.79 Å². The second-order valence-corrected chi connectivity index (χ2v) is 9.11. The molecule has 0 radical (unpaired) electrons. The summed E-state index contributed by atoms with van der Waals surface area (Å²) in [5.41, 5.74) is 1.09. The number of carbonyl (C=O) groups excluding carboxylic acids is 2. The van der Waals surface area contributed by atoms with Gasteiger partial charge in [0.05, 0.1) is 0 Å². The van der Waals surface area contributed by atoms with E-state index in [1.165, 1.54) is 0 Å². The second-order valence-electron chi connectivity index (χ2n) is 9.11. The van der Waals surface area contributed by atoms with Gasteiger partial charge in [-0.25, -0.2) is 4.79 Å². The highest BCUT2D eigenvalue weighted by atomic mass is 16.6. The third-order valence-electron chi connectivity index (χ3n) is 7.70. The predicted octanol–water partition coefficient (Wildman–Crippen LogP) is 4.43. The van der Waals surface area contributed by atoms with Gasteiger partial charge in [-0.3, -0.25) is 14.6 Å². The summed E-state index contributed by atoms with van der Waals surface area (Å²) in [7, 11) is 0. The Bertz CT molecular complexity index is 1040. The van der Waals surface area contributed by atoms with Crippen molar-refractivity contribution in [2.75, 3.05) is 6.54 Å². The van der Waals surface area contributed by atoms with Crippen LogP contribution in [-0.4, -0.2) is 45.8 Å². The van der Waals surface area contributed by atoms with Gasteiger partial charge in [-0.2, -0.15) is 0 Å². The van der Waals surface area contributed by atoms with Gasteiger partial charge in [-0.15, -0.1) is 0 Å². The van der Waals surface area contributed by atoms with Crippen LogP contribution in [0.5, 0.6) is 0 Å². The Kier molecular flexibility index (Phi) is 4.29. The van der Waals surface area contributed by atoms with Gasteiger partial charge in [0.1, 0.15) is 11.6 Å². The standard InChI is InChI=1S/C26H26N2O3/c29-22-17-20-13-14-21-26(22,15-7-8-16-27(20)21)28-23(18-9-3-1-4-10-18)24(31-25(28)30)19-11-5-2-6-12-19/h1-12,20-21,23-24H,13-17H2/t20-,21+,23-,24+,26-/m0/s1. The lowest BCUT2D eigenvalue weighted by Gasteiger charge is -2.51. The Balaban J connectivity index is 1.53. The van der Waals surface area contributed by atoms with Gasteiger partial charge in [0.2, 0.25) is 0 Å². The van der Waals surface area contributed by atoms with Crippen LogP contribution in [0.3, 0.4) is 0 Å². The molecule has 6 atom stereocenters. The van der Waals surface area contributed by atoms with Crippen LogP contribution in [0.25, 0.3) is 0 Å². The van der Waals surface area contributed by atoms with Gasteiger partial charge in [0.25, 0.3) is 0 Å². The van der Waals surface area contributed by atoms with E-state index in [-0.39, 0.29) is 24.0 Å². The van der Waals surface area contributed by atoms with Crippen molar-refractivity contribution in [2.45, 2.75) is 55.5 Å². The van der Waals surface area contributed by atoms with Crippen molar-refractivity contribution in [2.24, 2.45) is 0 Å². The number of piperidine rings is 1. The summed E-state index contributed by atoms with van der Waals surface area (Å²) in [6.45, 7) is 0.853. The minimum Gasteiger partial charge on any atom is -0.439 e. The maximum absolute atomic E-state index is 13.8. The van der Waals surface area contributed by atoms with Gasteiger partial charge < -0.3 is 4.74 Å². The third-order valence-corrected chi connectivity index (χ3v) is 7.70. The van der Waals surface area contributed by atoms with Gasteiger partial charge in [-0.05, 0) is 30.4 Å². The number of benzene rings is 2. The van der Waals surface area contributed by atoms with Crippen LogP contribution in [0, 0.1) is 0 Å². The Morgan fingerprint density at radius 1 is 0.871 bits per heavy atom. The first-order valence-corrected chi connectivity index (χ1v) is 11.2. The van der Waals surface area contributed by atoms with Crippen molar-refractivity contribution in [1.29, 1.82) is 0 Å². The molecule has 31 heavy (non-hydrogen) atoms. The largest absolute Gasteiger partial charge is 0.439 e. The molecular formula is C26H26N2O3. The molecule has 3 fully saturated rings. The molecule has 4 bridgehead atoms. The number of ether oxygens (including phenoxy) is 1. The van der Waals surface area contributed by atoms with Gasteiger partial charge in [0.15, 0.2) is 11.9 Å². The molecule has 4 heterocycles. The molecule has 1 unspecified atom stereocenters.